The van der Waals surface area contributed by atoms with Crippen molar-refractivity contribution in [3.8, 4) is 0 Å². The van der Waals surface area contributed by atoms with Crippen molar-refractivity contribution in [1.29, 1.82) is 0 Å². The van der Waals surface area contributed by atoms with Crippen LogP contribution in [-0.2, 0) is 53.3 Å². The molecule has 0 aromatic carbocycles. The van der Waals surface area contributed by atoms with Crippen molar-refractivity contribution in [2.24, 2.45) is 0 Å². The molecule has 0 heterocycles. The van der Waals surface area contributed by atoms with Crippen molar-refractivity contribution < 1.29 is 73.7 Å². The van der Waals surface area contributed by atoms with Crippen molar-refractivity contribution in [3.63, 3.8) is 0 Å². The van der Waals surface area contributed by atoms with Gasteiger partial charge in [0.1, 0.15) is 0 Å². The Morgan fingerprint density at radius 2 is 0.667 bits per heavy atom. The van der Waals surface area contributed by atoms with Crippen LogP contribution < -0.4 is 20.4 Å². The molecule has 0 atom stereocenters. The zero-order chi connectivity index (χ0) is 13.1. The van der Waals surface area contributed by atoms with Crippen molar-refractivity contribution in [3.05, 3.63) is 24.3 Å². The van der Waals surface area contributed by atoms with Gasteiger partial charge in [0, 0.05) is 0 Å². The largest absolute Gasteiger partial charge is 2.00 e. The van der Waals surface area contributed by atoms with Crippen molar-refractivity contribution >= 4 is 23.9 Å². The summed E-state index contributed by atoms with van der Waals surface area (Å²) in [5.41, 5.74) is 0. The Morgan fingerprint density at radius 1 is 0.556 bits per heavy atom. The fourth-order valence-electron chi connectivity index (χ4n) is 0.272. The molecule has 1 radical (unpaired) electrons. The average Bonchev–Trinajstić information content (AvgIpc) is 2.12. The normalized spacial score (nSPS) is 8.44. The summed E-state index contributed by atoms with van der Waals surface area (Å²) < 4.78 is 0. The van der Waals surface area contributed by atoms with Crippen LogP contribution in [-0.4, -0.2) is 23.9 Å². The number of carboxylic acid groups (broad SMARTS) is 4. The van der Waals surface area contributed by atoms with E-state index < -0.39 is 23.9 Å². The number of aliphatic carboxylic acids is 4. The standard InChI is InChI=1S/2C4H4O4.Cu.Fe/c2*5-3(6)1-2-4(7)8;;/h2*1-2H,(H,5,6)(H,7,8);;/q;;2*+2/p-4/b2*2-1-;;. The van der Waals surface area contributed by atoms with Crippen LogP contribution in [0.15, 0.2) is 24.3 Å². The summed E-state index contributed by atoms with van der Waals surface area (Å²) in [7, 11) is 0. The predicted octanol–water partition coefficient (Wildman–Crippen LogP) is -5.92. The number of carboxylic acids is 4. The minimum atomic E-state index is -1.55. The van der Waals surface area contributed by atoms with Gasteiger partial charge in [-0.1, -0.05) is 0 Å². The second-order valence-corrected chi connectivity index (χ2v) is 1.94. The summed E-state index contributed by atoms with van der Waals surface area (Å²) in [6, 6.07) is 0. The third-order valence-electron chi connectivity index (χ3n) is 0.711. The maximum Gasteiger partial charge on any atom is 2.00 e. The van der Waals surface area contributed by atoms with Crippen LogP contribution in [0.25, 0.3) is 0 Å². The number of rotatable bonds is 4. The monoisotopic (exact) mass is 347 g/mol. The molecule has 0 saturated heterocycles. The molecule has 0 bridgehead atoms. The third-order valence-corrected chi connectivity index (χ3v) is 0.711. The molecule has 0 N–H and O–H groups in total. The van der Waals surface area contributed by atoms with E-state index in [9.17, 15) is 39.6 Å². The topological polar surface area (TPSA) is 161 Å². The average molecular weight is 348 g/mol. The van der Waals surface area contributed by atoms with Gasteiger partial charge in [-0.2, -0.15) is 0 Å². The van der Waals surface area contributed by atoms with Gasteiger partial charge in [0.2, 0.25) is 0 Å². The van der Waals surface area contributed by atoms with Crippen LogP contribution in [0.5, 0.6) is 0 Å². The molecule has 0 aromatic rings. The molecule has 103 valence electrons. The first-order chi connectivity index (χ1) is 7.25. The van der Waals surface area contributed by atoms with Crippen LogP contribution in [0.1, 0.15) is 0 Å². The van der Waals surface area contributed by atoms with E-state index >= 15 is 0 Å². The predicted molar refractivity (Wildman–Crippen MR) is 38.3 cm³/mol. The molecule has 18 heavy (non-hydrogen) atoms. The van der Waals surface area contributed by atoms with Crippen LogP contribution in [0, 0.1) is 0 Å². The van der Waals surface area contributed by atoms with Gasteiger partial charge in [-0.3, -0.25) is 0 Å². The Morgan fingerprint density at radius 3 is 0.722 bits per heavy atom. The van der Waals surface area contributed by atoms with Crippen LogP contribution in [0.2, 0.25) is 0 Å². The summed E-state index contributed by atoms with van der Waals surface area (Å²) in [4.78, 5) is 37.7. The summed E-state index contributed by atoms with van der Waals surface area (Å²) in [6.07, 6.45) is 1.54. The number of hydrogen-bond acceptors (Lipinski definition) is 8. The number of carbonyl (C=O) groups is 4. The molecule has 0 rings (SSSR count). The van der Waals surface area contributed by atoms with Gasteiger partial charge in [0.25, 0.3) is 0 Å². The summed E-state index contributed by atoms with van der Waals surface area (Å²) in [5.74, 6) is -6.19. The molecule has 0 unspecified atom stereocenters. The van der Waals surface area contributed by atoms with Crippen LogP contribution in [0.4, 0.5) is 0 Å². The molecule has 0 spiro atoms. The van der Waals surface area contributed by atoms with E-state index in [0.29, 0.717) is 24.3 Å². The van der Waals surface area contributed by atoms with Crippen molar-refractivity contribution in [2.75, 3.05) is 0 Å². The van der Waals surface area contributed by atoms with E-state index in [2.05, 4.69) is 0 Å². The Hall–Kier alpha value is -1.60. The van der Waals surface area contributed by atoms with Crippen LogP contribution in [0.3, 0.4) is 0 Å². The van der Waals surface area contributed by atoms with Gasteiger partial charge in [0.15, 0.2) is 0 Å². The maximum atomic E-state index is 9.41. The molecule has 0 aromatic heterocycles. The van der Waals surface area contributed by atoms with Crippen molar-refractivity contribution in [2.45, 2.75) is 0 Å². The smallest absolute Gasteiger partial charge is 0.545 e. The van der Waals surface area contributed by atoms with Gasteiger partial charge < -0.3 is 39.6 Å². The van der Waals surface area contributed by atoms with E-state index in [1.165, 1.54) is 0 Å². The van der Waals surface area contributed by atoms with Crippen LogP contribution >= 0.6 is 0 Å². The number of hydrogen-bond donors (Lipinski definition) is 0. The van der Waals surface area contributed by atoms with E-state index in [-0.39, 0.29) is 34.1 Å². The van der Waals surface area contributed by atoms with Gasteiger partial charge >= 0.3 is 34.1 Å². The minimum absolute atomic E-state index is 0. The molecular formula is C8H4CuFeO8. The zero-order valence-electron chi connectivity index (χ0n) is 8.23. The second kappa shape index (κ2) is 15.4. The van der Waals surface area contributed by atoms with Gasteiger partial charge in [0.05, 0.1) is 23.9 Å². The molecule has 0 aliphatic carbocycles. The first kappa shape index (κ1) is 25.3. The van der Waals surface area contributed by atoms with Gasteiger partial charge in [-0.25, -0.2) is 0 Å². The fraction of sp³-hybridized carbons (Fsp3) is 0. The third kappa shape index (κ3) is 36.6. The quantitative estimate of drug-likeness (QED) is 0.359. The van der Waals surface area contributed by atoms with E-state index in [0.717, 1.165) is 0 Å². The summed E-state index contributed by atoms with van der Waals surface area (Å²) in [6.45, 7) is 0. The minimum Gasteiger partial charge on any atom is -0.545 e. The first-order valence-corrected chi connectivity index (χ1v) is 3.45. The zero-order valence-corrected chi connectivity index (χ0v) is 10.3. The second-order valence-electron chi connectivity index (χ2n) is 1.94. The van der Waals surface area contributed by atoms with Gasteiger partial charge in [-0.15, -0.1) is 0 Å². The summed E-state index contributed by atoms with van der Waals surface area (Å²) in [5, 5.41) is 37.7. The molecule has 0 fully saturated rings. The molecule has 8 nitrogen and oxygen atoms in total. The van der Waals surface area contributed by atoms with E-state index in [1.54, 1.807) is 0 Å². The fourth-order valence-corrected chi connectivity index (χ4v) is 0.272. The Kier molecular flexibility index (Phi) is 21.6. The SMILES string of the molecule is O=C([O-])/C=C\C(=O)[O-].O=C([O-])/C=C\C(=O)[O-].[Cu+2].[Fe+2]. The van der Waals surface area contributed by atoms with E-state index in [4.69, 9.17) is 0 Å². The summed E-state index contributed by atoms with van der Waals surface area (Å²) >= 11 is 0. The molecular weight excluding hydrogens is 343 g/mol. The first-order valence-electron chi connectivity index (χ1n) is 3.45. The van der Waals surface area contributed by atoms with Gasteiger partial charge in [-0.05, 0) is 24.3 Å². The molecule has 10 heteroatoms. The van der Waals surface area contributed by atoms with Crippen molar-refractivity contribution in [1.82, 2.24) is 0 Å². The molecule has 0 aliphatic heterocycles. The molecule has 0 aliphatic rings. The molecule has 0 saturated carbocycles. The number of carbonyl (C=O) groups excluding carboxylic acids is 4. The van der Waals surface area contributed by atoms with E-state index in [1.807, 2.05) is 0 Å². The Labute approximate surface area is 122 Å². The Balaban J connectivity index is -0.0000000980. The molecule has 0 amide bonds. The maximum absolute atomic E-state index is 9.41. The Bertz CT molecular complexity index is 283.